The Balaban J connectivity index is 2.05. The summed E-state index contributed by atoms with van der Waals surface area (Å²) in [4.78, 5) is 23.7. The van der Waals surface area contributed by atoms with Crippen LogP contribution in [0.1, 0.15) is 26.3 Å². The maximum Gasteiger partial charge on any atom is 0.331 e. The fourth-order valence-electron chi connectivity index (χ4n) is 3.10. The van der Waals surface area contributed by atoms with Gasteiger partial charge in [0.2, 0.25) is 0 Å². The molecule has 0 saturated heterocycles. The van der Waals surface area contributed by atoms with Crippen LogP contribution < -0.4 is 9.04 Å². The number of fused-ring (bicyclic) bond motifs is 1. The highest BCUT2D eigenvalue weighted by Gasteiger charge is 2.41. The summed E-state index contributed by atoms with van der Waals surface area (Å²) < 4.78 is 51.3. The van der Waals surface area contributed by atoms with Crippen molar-refractivity contribution in [3.05, 3.63) is 53.8 Å². The molecule has 0 spiro atoms. The molecule has 10 heteroatoms. The third kappa shape index (κ3) is 4.96. The molecular formula is C21H22FNO7S. The molecule has 0 saturated carbocycles. The second-order valence-electron chi connectivity index (χ2n) is 7.99. The van der Waals surface area contributed by atoms with Crippen molar-refractivity contribution in [2.24, 2.45) is 0 Å². The zero-order chi connectivity index (χ0) is 23.0. The van der Waals surface area contributed by atoms with E-state index in [1.54, 1.807) is 26.8 Å². The fraction of sp³-hybridized carbons (Fsp3) is 0.333. The molecule has 1 aliphatic heterocycles. The van der Waals surface area contributed by atoms with Crippen LogP contribution in [-0.2, 0) is 30.8 Å². The molecule has 3 rings (SSSR count). The van der Waals surface area contributed by atoms with Gasteiger partial charge in [0.15, 0.2) is 6.04 Å². The molecule has 1 aliphatic rings. The number of carboxylic acids is 1. The molecule has 8 nitrogen and oxygen atoms in total. The summed E-state index contributed by atoms with van der Waals surface area (Å²) in [5, 5.41) is 9.61. The van der Waals surface area contributed by atoms with Crippen LogP contribution in [0.5, 0.6) is 5.75 Å². The Morgan fingerprint density at radius 3 is 2.42 bits per heavy atom. The van der Waals surface area contributed by atoms with Crippen molar-refractivity contribution in [2.45, 2.75) is 43.7 Å². The molecule has 31 heavy (non-hydrogen) atoms. The number of sulfonamides is 1. The highest BCUT2D eigenvalue weighted by Crippen LogP contribution is 2.39. The van der Waals surface area contributed by atoms with E-state index in [9.17, 15) is 27.5 Å². The summed E-state index contributed by atoms with van der Waals surface area (Å²) >= 11 is 0. The minimum atomic E-state index is -4.37. The van der Waals surface area contributed by atoms with Crippen molar-refractivity contribution in [2.75, 3.05) is 10.9 Å². The Morgan fingerprint density at radius 2 is 1.84 bits per heavy atom. The summed E-state index contributed by atoms with van der Waals surface area (Å²) in [6.45, 7) is 4.76. The van der Waals surface area contributed by atoms with Crippen LogP contribution in [0.15, 0.2) is 47.4 Å². The second kappa shape index (κ2) is 8.18. The number of carbonyl (C=O) groups is 2. The molecular weight excluding hydrogens is 429 g/mol. The van der Waals surface area contributed by atoms with E-state index < -0.39 is 46.0 Å². The van der Waals surface area contributed by atoms with Gasteiger partial charge in [0.1, 0.15) is 23.8 Å². The molecule has 0 aliphatic carbocycles. The van der Waals surface area contributed by atoms with Crippen LogP contribution in [0, 0.1) is 5.82 Å². The van der Waals surface area contributed by atoms with E-state index in [2.05, 4.69) is 0 Å². The van der Waals surface area contributed by atoms with Gasteiger partial charge in [0, 0.05) is 0 Å². The van der Waals surface area contributed by atoms with Gasteiger partial charge in [0.25, 0.3) is 10.0 Å². The van der Waals surface area contributed by atoms with Crippen LogP contribution in [-0.4, -0.2) is 43.7 Å². The molecule has 0 radical (unpaired) electrons. The van der Waals surface area contributed by atoms with Gasteiger partial charge >= 0.3 is 11.9 Å². The summed E-state index contributed by atoms with van der Waals surface area (Å²) in [5.41, 5.74) is -0.299. The number of nitrogens with zero attached hydrogens (tertiary/aromatic N) is 1. The standard InChI is InChI=1S/C21H22FNO7S/c1-21(2,3)30-19(24)11-13-4-9-18-16(10-13)23(17(12-29-18)20(25)26)31(27,28)15-7-5-14(22)6-8-15/h4-10,17H,11-12H2,1-3H3,(H,25,26). The fourth-order valence-corrected chi connectivity index (χ4v) is 4.70. The van der Waals surface area contributed by atoms with Crippen molar-refractivity contribution >= 4 is 27.6 Å². The summed E-state index contributed by atoms with van der Waals surface area (Å²) in [7, 11) is -4.37. The van der Waals surface area contributed by atoms with Crippen LogP contribution in [0.4, 0.5) is 10.1 Å². The monoisotopic (exact) mass is 451 g/mol. The second-order valence-corrected chi connectivity index (χ2v) is 9.80. The van der Waals surface area contributed by atoms with Crippen molar-refractivity contribution in [3.63, 3.8) is 0 Å². The zero-order valence-electron chi connectivity index (χ0n) is 17.2. The summed E-state index contributed by atoms with van der Waals surface area (Å²) in [6.07, 6.45) is -0.146. The number of esters is 1. The number of hydrogen-bond donors (Lipinski definition) is 1. The van der Waals surface area contributed by atoms with Crippen molar-refractivity contribution in [1.29, 1.82) is 0 Å². The van der Waals surface area contributed by atoms with Gasteiger partial charge in [-0.25, -0.2) is 21.9 Å². The Kier molecular flexibility index (Phi) is 5.95. The number of carboxylic acid groups (broad SMARTS) is 1. The van der Waals surface area contributed by atoms with Crippen LogP contribution >= 0.6 is 0 Å². The lowest BCUT2D eigenvalue weighted by atomic mass is 10.1. The van der Waals surface area contributed by atoms with E-state index >= 15 is 0 Å². The van der Waals surface area contributed by atoms with E-state index in [4.69, 9.17) is 9.47 Å². The molecule has 0 bridgehead atoms. The van der Waals surface area contributed by atoms with Gasteiger partial charge in [-0.1, -0.05) is 6.07 Å². The smallest absolute Gasteiger partial charge is 0.331 e. The first-order valence-electron chi connectivity index (χ1n) is 9.39. The SMILES string of the molecule is CC(C)(C)OC(=O)Cc1ccc2c(c1)N(S(=O)(=O)c1ccc(F)cc1)C(C(=O)O)CO2. The van der Waals surface area contributed by atoms with E-state index in [-0.39, 0.29) is 22.8 Å². The topological polar surface area (TPSA) is 110 Å². The van der Waals surface area contributed by atoms with Crippen LogP contribution in [0.3, 0.4) is 0 Å². The molecule has 1 heterocycles. The number of halogens is 1. The molecule has 166 valence electrons. The third-order valence-electron chi connectivity index (χ3n) is 4.36. The predicted octanol–water partition coefficient (Wildman–Crippen LogP) is 2.75. The molecule has 2 aromatic carbocycles. The van der Waals surface area contributed by atoms with E-state index in [1.807, 2.05) is 0 Å². The first kappa shape index (κ1) is 22.5. The van der Waals surface area contributed by atoms with E-state index in [0.29, 0.717) is 5.56 Å². The number of carbonyl (C=O) groups excluding carboxylic acids is 1. The Bertz CT molecular complexity index is 1110. The normalized spacial score (nSPS) is 16.3. The van der Waals surface area contributed by atoms with Gasteiger partial charge in [-0.05, 0) is 62.7 Å². The minimum Gasteiger partial charge on any atom is -0.489 e. The minimum absolute atomic E-state index is 0.0240. The van der Waals surface area contributed by atoms with Crippen LogP contribution in [0.25, 0.3) is 0 Å². The van der Waals surface area contributed by atoms with Gasteiger partial charge < -0.3 is 14.6 Å². The molecule has 0 fully saturated rings. The Morgan fingerprint density at radius 1 is 1.19 bits per heavy atom. The maximum absolute atomic E-state index is 13.3. The summed E-state index contributed by atoms with van der Waals surface area (Å²) in [6, 6.07) is 6.96. The number of ether oxygens (including phenoxy) is 2. The number of hydrogen-bond acceptors (Lipinski definition) is 6. The molecule has 0 aromatic heterocycles. The average Bonchev–Trinajstić information content (AvgIpc) is 2.65. The number of benzene rings is 2. The molecule has 1 unspecified atom stereocenters. The van der Waals surface area contributed by atoms with Crippen molar-refractivity contribution in [1.82, 2.24) is 0 Å². The lowest BCUT2D eigenvalue weighted by Crippen LogP contribution is -2.51. The lowest BCUT2D eigenvalue weighted by molar-refractivity contribution is -0.154. The Hall–Kier alpha value is -3.14. The van der Waals surface area contributed by atoms with Gasteiger partial charge in [0.05, 0.1) is 17.0 Å². The van der Waals surface area contributed by atoms with Gasteiger partial charge in [-0.2, -0.15) is 0 Å². The van der Waals surface area contributed by atoms with Gasteiger partial charge in [-0.15, -0.1) is 0 Å². The maximum atomic E-state index is 13.3. The molecule has 0 amide bonds. The third-order valence-corrected chi connectivity index (χ3v) is 6.20. The van der Waals surface area contributed by atoms with Crippen molar-refractivity contribution < 1.29 is 37.0 Å². The highest BCUT2D eigenvalue weighted by molar-refractivity contribution is 7.93. The largest absolute Gasteiger partial charge is 0.489 e. The molecule has 1 atom stereocenters. The highest BCUT2D eigenvalue weighted by atomic mass is 32.2. The first-order chi connectivity index (χ1) is 14.4. The average molecular weight is 451 g/mol. The lowest BCUT2D eigenvalue weighted by Gasteiger charge is -2.35. The van der Waals surface area contributed by atoms with Crippen molar-refractivity contribution in [3.8, 4) is 5.75 Å². The summed E-state index contributed by atoms with van der Waals surface area (Å²) in [5.74, 6) is -2.41. The quantitative estimate of drug-likeness (QED) is 0.696. The molecule has 1 N–H and O–H groups in total. The predicted molar refractivity (Wildman–Crippen MR) is 109 cm³/mol. The number of aliphatic carboxylic acids is 1. The number of anilines is 1. The van der Waals surface area contributed by atoms with Crippen LogP contribution in [0.2, 0.25) is 0 Å². The van der Waals surface area contributed by atoms with Gasteiger partial charge in [-0.3, -0.25) is 4.79 Å². The van der Waals surface area contributed by atoms with E-state index in [0.717, 1.165) is 28.6 Å². The molecule has 2 aromatic rings. The Labute approximate surface area is 179 Å². The van der Waals surface area contributed by atoms with E-state index in [1.165, 1.54) is 12.1 Å². The zero-order valence-corrected chi connectivity index (χ0v) is 18.0. The first-order valence-corrected chi connectivity index (χ1v) is 10.8. The number of rotatable bonds is 5.